The third kappa shape index (κ3) is 3.45. The fourth-order valence-electron chi connectivity index (χ4n) is 2.00. The Bertz CT molecular complexity index is 589. The van der Waals surface area contributed by atoms with Crippen molar-refractivity contribution < 1.29 is 9.32 Å². The van der Waals surface area contributed by atoms with Gasteiger partial charge in [0.2, 0.25) is 0 Å². The van der Waals surface area contributed by atoms with Gasteiger partial charge in [0.25, 0.3) is 5.91 Å². The molecule has 6 heteroatoms. The van der Waals surface area contributed by atoms with Crippen LogP contribution in [-0.2, 0) is 12.8 Å². The Morgan fingerprint density at radius 1 is 1.45 bits per heavy atom. The van der Waals surface area contributed by atoms with Crippen LogP contribution in [0.1, 0.15) is 45.9 Å². The highest BCUT2D eigenvalue weighted by Crippen LogP contribution is 2.14. The van der Waals surface area contributed by atoms with Gasteiger partial charge in [0, 0.05) is 24.0 Å². The molecule has 0 aromatic carbocycles. The highest BCUT2D eigenvalue weighted by Gasteiger charge is 2.18. The molecule has 2 aromatic heterocycles. The minimum absolute atomic E-state index is 0.101. The Labute approximate surface area is 122 Å². The third-order valence-electron chi connectivity index (χ3n) is 3.01. The first-order valence-corrected chi connectivity index (χ1v) is 7.64. The van der Waals surface area contributed by atoms with Crippen molar-refractivity contribution in [1.29, 1.82) is 0 Å². The molecule has 0 saturated heterocycles. The van der Waals surface area contributed by atoms with Crippen LogP contribution in [0.2, 0.25) is 0 Å². The molecule has 0 unspecified atom stereocenters. The highest BCUT2D eigenvalue weighted by molar-refractivity contribution is 7.09. The zero-order chi connectivity index (χ0) is 14.5. The number of hydrogen-bond acceptors (Lipinski definition) is 5. The zero-order valence-corrected chi connectivity index (χ0v) is 12.8. The Hall–Kier alpha value is -1.69. The van der Waals surface area contributed by atoms with Gasteiger partial charge in [-0.15, -0.1) is 11.3 Å². The molecule has 0 bridgehead atoms. The van der Waals surface area contributed by atoms with Crippen molar-refractivity contribution in [2.24, 2.45) is 0 Å². The van der Waals surface area contributed by atoms with E-state index in [0.29, 0.717) is 24.3 Å². The number of aromatic nitrogens is 2. The maximum Gasteiger partial charge on any atom is 0.256 e. The molecule has 20 heavy (non-hydrogen) atoms. The summed E-state index contributed by atoms with van der Waals surface area (Å²) in [5, 5.41) is 9.97. The average Bonchev–Trinajstić information content (AvgIpc) is 3.00. The molecule has 1 amide bonds. The van der Waals surface area contributed by atoms with Crippen LogP contribution < -0.4 is 5.32 Å². The summed E-state index contributed by atoms with van der Waals surface area (Å²) >= 11 is 1.67. The number of carbonyl (C=O) groups excluding carboxylic acids is 1. The van der Waals surface area contributed by atoms with Crippen molar-refractivity contribution in [3.05, 3.63) is 33.1 Å². The Morgan fingerprint density at radius 2 is 2.25 bits per heavy atom. The lowest BCUT2D eigenvalue weighted by Gasteiger charge is -2.04. The third-order valence-corrected chi connectivity index (χ3v) is 4.04. The number of amides is 1. The van der Waals surface area contributed by atoms with Gasteiger partial charge in [0.15, 0.2) is 0 Å². The van der Waals surface area contributed by atoms with Crippen molar-refractivity contribution in [1.82, 2.24) is 15.5 Å². The van der Waals surface area contributed by atoms with Crippen LogP contribution in [0.5, 0.6) is 0 Å². The van der Waals surface area contributed by atoms with Crippen molar-refractivity contribution in [2.75, 3.05) is 6.54 Å². The topological polar surface area (TPSA) is 68.0 Å². The van der Waals surface area contributed by atoms with Gasteiger partial charge in [-0.2, -0.15) is 0 Å². The number of carbonyl (C=O) groups is 1. The lowest BCUT2D eigenvalue weighted by Crippen LogP contribution is -2.26. The SMILES string of the molecule is CCc1noc(C)c1C(=O)NCCCc1nc(C)cs1. The molecule has 2 heterocycles. The molecule has 0 saturated carbocycles. The molecule has 108 valence electrons. The van der Waals surface area contributed by atoms with E-state index in [-0.39, 0.29) is 5.91 Å². The van der Waals surface area contributed by atoms with E-state index < -0.39 is 0 Å². The van der Waals surface area contributed by atoms with Crippen LogP contribution >= 0.6 is 11.3 Å². The molecule has 0 aliphatic carbocycles. The van der Waals surface area contributed by atoms with Crippen molar-refractivity contribution >= 4 is 17.2 Å². The average molecular weight is 293 g/mol. The fourth-order valence-corrected chi connectivity index (χ4v) is 2.82. The number of nitrogens with zero attached hydrogens (tertiary/aromatic N) is 2. The summed E-state index contributed by atoms with van der Waals surface area (Å²) in [6, 6.07) is 0. The van der Waals surface area contributed by atoms with Crippen molar-refractivity contribution in [2.45, 2.75) is 40.0 Å². The first-order chi connectivity index (χ1) is 9.61. The minimum Gasteiger partial charge on any atom is -0.361 e. The van der Waals surface area contributed by atoms with E-state index in [0.717, 1.165) is 29.2 Å². The standard InChI is InChI=1S/C14H19N3O2S/c1-4-11-13(10(3)19-17-11)14(18)15-7-5-6-12-16-9(2)8-20-12/h8H,4-7H2,1-3H3,(H,15,18). The van der Waals surface area contributed by atoms with Gasteiger partial charge in [-0.3, -0.25) is 4.79 Å². The molecule has 2 rings (SSSR count). The van der Waals surface area contributed by atoms with Gasteiger partial charge in [-0.25, -0.2) is 4.98 Å². The molecule has 1 N–H and O–H groups in total. The predicted octanol–water partition coefficient (Wildman–Crippen LogP) is 2.67. The lowest BCUT2D eigenvalue weighted by atomic mass is 10.1. The molecule has 2 aromatic rings. The summed E-state index contributed by atoms with van der Waals surface area (Å²) in [5.41, 5.74) is 2.36. The van der Waals surface area contributed by atoms with E-state index in [9.17, 15) is 4.79 Å². The van der Waals surface area contributed by atoms with E-state index in [1.807, 2.05) is 19.2 Å². The molecular formula is C14H19N3O2S. The van der Waals surface area contributed by atoms with Crippen LogP contribution in [0.4, 0.5) is 0 Å². The maximum atomic E-state index is 12.1. The largest absolute Gasteiger partial charge is 0.361 e. The van der Waals surface area contributed by atoms with Gasteiger partial charge in [0.1, 0.15) is 11.3 Å². The summed E-state index contributed by atoms with van der Waals surface area (Å²) in [5.74, 6) is 0.478. The first-order valence-electron chi connectivity index (χ1n) is 6.76. The zero-order valence-electron chi connectivity index (χ0n) is 12.0. The van der Waals surface area contributed by atoms with Gasteiger partial charge < -0.3 is 9.84 Å². The second-order valence-corrected chi connectivity index (χ2v) is 5.60. The second-order valence-electron chi connectivity index (χ2n) is 4.66. The number of rotatable bonds is 6. The Kier molecular flexibility index (Phi) is 4.89. The molecule has 5 nitrogen and oxygen atoms in total. The molecule has 0 radical (unpaired) electrons. The molecule has 0 atom stereocenters. The van der Waals surface area contributed by atoms with Crippen molar-refractivity contribution in [3.8, 4) is 0 Å². The van der Waals surface area contributed by atoms with Crippen LogP contribution in [0.3, 0.4) is 0 Å². The van der Waals surface area contributed by atoms with Gasteiger partial charge >= 0.3 is 0 Å². The van der Waals surface area contributed by atoms with E-state index in [1.54, 1.807) is 18.3 Å². The van der Waals surface area contributed by atoms with Crippen LogP contribution in [0.15, 0.2) is 9.90 Å². The van der Waals surface area contributed by atoms with Crippen LogP contribution in [0, 0.1) is 13.8 Å². The van der Waals surface area contributed by atoms with E-state index in [2.05, 4.69) is 15.5 Å². The van der Waals surface area contributed by atoms with Gasteiger partial charge in [-0.1, -0.05) is 12.1 Å². The monoisotopic (exact) mass is 293 g/mol. The summed E-state index contributed by atoms with van der Waals surface area (Å²) in [6.07, 6.45) is 2.46. The quantitative estimate of drug-likeness (QED) is 0.831. The van der Waals surface area contributed by atoms with E-state index >= 15 is 0 Å². The van der Waals surface area contributed by atoms with Crippen LogP contribution in [-0.4, -0.2) is 22.6 Å². The Morgan fingerprint density at radius 3 is 2.90 bits per heavy atom. The molecular weight excluding hydrogens is 274 g/mol. The number of hydrogen-bond donors (Lipinski definition) is 1. The fraction of sp³-hybridized carbons (Fsp3) is 0.500. The summed E-state index contributed by atoms with van der Waals surface area (Å²) in [6.45, 7) is 6.34. The molecule has 0 aliphatic heterocycles. The summed E-state index contributed by atoms with van der Waals surface area (Å²) < 4.78 is 5.07. The van der Waals surface area contributed by atoms with Gasteiger partial charge in [0.05, 0.1) is 10.7 Å². The normalized spacial score (nSPS) is 10.8. The lowest BCUT2D eigenvalue weighted by molar-refractivity contribution is 0.0951. The van der Waals surface area contributed by atoms with E-state index in [1.165, 1.54) is 0 Å². The number of thiazole rings is 1. The predicted molar refractivity (Wildman–Crippen MR) is 78.1 cm³/mol. The number of nitrogens with one attached hydrogen (secondary N) is 1. The van der Waals surface area contributed by atoms with Crippen molar-refractivity contribution in [3.63, 3.8) is 0 Å². The number of aryl methyl sites for hydroxylation is 4. The van der Waals surface area contributed by atoms with Gasteiger partial charge in [-0.05, 0) is 26.7 Å². The molecule has 0 fully saturated rings. The first kappa shape index (κ1) is 14.7. The van der Waals surface area contributed by atoms with Crippen LogP contribution in [0.25, 0.3) is 0 Å². The summed E-state index contributed by atoms with van der Waals surface area (Å²) in [7, 11) is 0. The van der Waals surface area contributed by atoms with E-state index in [4.69, 9.17) is 4.52 Å². The molecule has 0 aliphatic rings. The highest BCUT2D eigenvalue weighted by atomic mass is 32.1. The smallest absolute Gasteiger partial charge is 0.256 e. The second kappa shape index (κ2) is 6.65. The maximum absolute atomic E-state index is 12.1. The summed E-state index contributed by atoms with van der Waals surface area (Å²) in [4.78, 5) is 16.5. The molecule has 0 spiro atoms. The minimum atomic E-state index is -0.101. The Balaban J connectivity index is 1.82.